The van der Waals surface area contributed by atoms with Crippen molar-refractivity contribution in [2.45, 2.75) is 76.8 Å². The van der Waals surface area contributed by atoms with Crippen LogP contribution >= 0.6 is 0 Å². The number of hydrogen-bond donors (Lipinski definition) is 1. The van der Waals surface area contributed by atoms with Gasteiger partial charge in [-0.15, -0.1) is 0 Å². The van der Waals surface area contributed by atoms with Crippen LogP contribution in [0.5, 0.6) is 0 Å². The van der Waals surface area contributed by atoms with E-state index in [1.54, 1.807) is 0 Å². The van der Waals surface area contributed by atoms with Crippen LogP contribution < -0.4 is 0 Å². The van der Waals surface area contributed by atoms with E-state index < -0.39 is 8.32 Å². The highest BCUT2D eigenvalue weighted by Crippen LogP contribution is 2.61. The highest BCUT2D eigenvalue weighted by Gasteiger charge is 2.55. The molecule has 0 amide bonds. The fraction of sp³-hybridized carbons (Fsp3) is 0.789. The molecule has 0 aromatic carbocycles. The van der Waals surface area contributed by atoms with E-state index in [9.17, 15) is 5.11 Å². The monoisotopic (exact) mass is 320 g/mol. The van der Waals surface area contributed by atoms with E-state index in [4.69, 9.17) is 4.43 Å². The SMILES string of the molecule is C=C1C[C@@]23C=C[C@@H](O)C[C@@H]2C[C@@H](O[Si](C)(C)C(C)(C)C)[C@@H]1C3. The second-order valence-electron chi connectivity index (χ2n) is 9.39. The molecule has 3 aliphatic carbocycles. The summed E-state index contributed by atoms with van der Waals surface area (Å²) < 4.78 is 6.80. The summed E-state index contributed by atoms with van der Waals surface area (Å²) in [6, 6.07) is 0. The third kappa shape index (κ3) is 2.55. The maximum Gasteiger partial charge on any atom is 0.192 e. The maximum atomic E-state index is 10.0. The lowest BCUT2D eigenvalue weighted by Gasteiger charge is -2.48. The standard InChI is InChI=1S/C19H32O2Si/c1-13-11-19-8-7-15(20)9-14(19)10-17(16(13)12-19)21-22(5,6)18(2,3)4/h7-8,14-17,20H,1,9-12H2,2-6H3/t14-,15-,16-,17-,19-/m1/s1. The van der Waals surface area contributed by atoms with Crippen LogP contribution in [0.4, 0.5) is 0 Å². The Morgan fingerprint density at radius 3 is 2.64 bits per heavy atom. The minimum atomic E-state index is -1.76. The molecule has 22 heavy (non-hydrogen) atoms. The van der Waals surface area contributed by atoms with Gasteiger partial charge in [0.05, 0.1) is 12.2 Å². The van der Waals surface area contributed by atoms with Gasteiger partial charge >= 0.3 is 0 Å². The van der Waals surface area contributed by atoms with E-state index in [-0.39, 0.29) is 16.6 Å². The highest BCUT2D eigenvalue weighted by atomic mass is 28.4. The molecular weight excluding hydrogens is 288 g/mol. The summed E-state index contributed by atoms with van der Waals surface area (Å²) >= 11 is 0. The van der Waals surface area contributed by atoms with Gasteiger partial charge in [-0.2, -0.15) is 0 Å². The predicted molar refractivity (Wildman–Crippen MR) is 94.2 cm³/mol. The zero-order valence-electron chi connectivity index (χ0n) is 14.9. The topological polar surface area (TPSA) is 29.5 Å². The first kappa shape index (κ1) is 16.5. The van der Waals surface area contributed by atoms with Crippen LogP contribution in [0.1, 0.15) is 46.5 Å². The number of allylic oxidation sites excluding steroid dienone is 1. The van der Waals surface area contributed by atoms with Crippen molar-refractivity contribution in [1.82, 2.24) is 0 Å². The molecule has 0 aromatic rings. The normalized spacial score (nSPS) is 41.6. The molecular formula is C19H32O2Si. The predicted octanol–water partition coefficient (Wildman–Crippen LogP) is 4.67. The molecule has 0 aromatic heterocycles. The Kier molecular flexibility index (Phi) is 3.79. The molecule has 0 unspecified atom stereocenters. The van der Waals surface area contributed by atoms with Crippen molar-refractivity contribution in [2.24, 2.45) is 17.3 Å². The number of aliphatic hydroxyl groups is 1. The summed E-state index contributed by atoms with van der Waals surface area (Å²) in [6.45, 7) is 16.0. The molecule has 2 saturated carbocycles. The first-order valence-corrected chi connectivity index (χ1v) is 11.7. The van der Waals surface area contributed by atoms with E-state index in [2.05, 4.69) is 46.5 Å². The van der Waals surface area contributed by atoms with Crippen LogP contribution in [-0.4, -0.2) is 25.6 Å². The largest absolute Gasteiger partial charge is 0.413 e. The molecule has 2 fully saturated rings. The molecule has 3 heteroatoms. The third-order valence-electron chi connectivity index (χ3n) is 6.89. The molecule has 0 saturated heterocycles. The molecule has 0 aliphatic heterocycles. The second kappa shape index (κ2) is 5.06. The first-order chi connectivity index (χ1) is 10.0. The lowest BCUT2D eigenvalue weighted by Crippen LogP contribution is -2.49. The molecule has 2 nitrogen and oxygen atoms in total. The van der Waals surface area contributed by atoms with Gasteiger partial charge in [-0.25, -0.2) is 0 Å². The van der Waals surface area contributed by atoms with Crippen LogP contribution in [0, 0.1) is 17.3 Å². The maximum absolute atomic E-state index is 10.0. The smallest absolute Gasteiger partial charge is 0.192 e. The summed E-state index contributed by atoms with van der Waals surface area (Å²) in [5.74, 6) is 1.07. The molecule has 0 radical (unpaired) electrons. The molecule has 0 heterocycles. The first-order valence-electron chi connectivity index (χ1n) is 8.77. The van der Waals surface area contributed by atoms with Crippen LogP contribution in [0.2, 0.25) is 18.1 Å². The number of aliphatic hydroxyl groups excluding tert-OH is 1. The molecule has 1 spiro atoms. The van der Waals surface area contributed by atoms with E-state index in [0.29, 0.717) is 17.9 Å². The summed E-state index contributed by atoms with van der Waals surface area (Å²) in [5, 5.41) is 10.3. The Hall–Kier alpha value is -0.383. The van der Waals surface area contributed by atoms with Gasteiger partial charge in [0.15, 0.2) is 8.32 Å². The highest BCUT2D eigenvalue weighted by molar-refractivity contribution is 6.74. The van der Waals surface area contributed by atoms with Crippen LogP contribution in [0.25, 0.3) is 0 Å². The van der Waals surface area contributed by atoms with Gasteiger partial charge in [0.2, 0.25) is 0 Å². The molecule has 1 N–H and O–H groups in total. The molecule has 3 aliphatic rings. The Labute approximate surface area is 136 Å². The van der Waals surface area contributed by atoms with Gasteiger partial charge in [-0.3, -0.25) is 0 Å². The van der Waals surface area contributed by atoms with E-state index in [1.165, 1.54) is 12.0 Å². The van der Waals surface area contributed by atoms with Crippen LogP contribution in [0.3, 0.4) is 0 Å². The fourth-order valence-corrected chi connectivity index (χ4v) is 5.89. The number of rotatable bonds is 2. The van der Waals surface area contributed by atoms with Gasteiger partial charge in [0.1, 0.15) is 0 Å². The Morgan fingerprint density at radius 1 is 1.32 bits per heavy atom. The van der Waals surface area contributed by atoms with Gasteiger partial charge in [0, 0.05) is 5.92 Å². The van der Waals surface area contributed by atoms with E-state index >= 15 is 0 Å². The summed E-state index contributed by atoms with van der Waals surface area (Å²) in [7, 11) is -1.76. The average Bonchev–Trinajstić information content (AvgIpc) is 2.65. The van der Waals surface area contributed by atoms with Crippen molar-refractivity contribution in [3.8, 4) is 0 Å². The van der Waals surface area contributed by atoms with Gasteiger partial charge in [0.25, 0.3) is 0 Å². The summed E-state index contributed by atoms with van der Waals surface area (Å²) in [6.07, 6.45) is 8.64. The van der Waals surface area contributed by atoms with Gasteiger partial charge < -0.3 is 9.53 Å². The molecule has 2 bridgehead atoms. The van der Waals surface area contributed by atoms with Crippen molar-refractivity contribution < 1.29 is 9.53 Å². The fourth-order valence-electron chi connectivity index (χ4n) is 4.52. The van der Waals surface area contributed by atoms with Gasteiger partial charge in [-0.05, 0) is 55.1 Å². The van der Waals surface area contributed by atoms with Crippen molar-refractivity contribution in [3.63, 3.8) is 0 Å². The zero-order chi connectivity index (χ0) is 16.3. The minimum Gasteiger partial charge on any atom is -0.413 e. The van der Waals surface area contributed by atoms with Crippen LogP contribution in [-0.2, 0) is 4.43 Å². The molecule has 3 rings (SSSR count). The van der Waals surface area contributed by atoms with Crippen LogP contribution in [0.15, 0.2) is 24.3 Å². The second-order valence-corrected chi connectivity index (χ2v) is 14.1. The van der Waals surface area contributed by atoms with Crippen molar-refractivity contribution in [1.29, 1.82) is 0 Å². The summed E-state index contributed by atoms with van der Waals surface area (Å²) in [4.78, 5) is 0. The van der Waals surface area contributed by atoms with Crippen molar-refractivity contribution >= 4 is 8.32 Å². The van der Waals surface area contributed by atoms with Gasteiger partial charge in [-0.1, -0.05) is 45.1 Å². The minimum absolute atomic E-state index is 0.244. The molecule has 124 valence electrons. The van der Waals surface area contributed by atoms with Crippen molar-refractivity contribution in [2.75, 3.05) is 0 Å². The lowest BCUT2D eigenvalue weighted by atomic mass is 9.62. The Bertz CT molecular complexity index is 502. The Balaban J connectivity index is 1.84. The average molecular weight is 321 g/mol. The molecule has 5 atom stereocenters. The van der Waals surface area contributed by atoms with E-state index in [1.807, 2.05) is 6.08 Å². The summed E-state index contributed by atoms with van der Waals surface area (Å²) in [5.41, 5.74) is 1.65. The van der Waals surface area contributed by atoms with Crippen molar-refractivity contribution in [3.05, 3.63) is 24.3 Å². The zero-order valence-corrected chi connectivity index (χ0v) is 15.9. The lowest BCUT2D eigenvalue weighted by molar-refractivity contribution is 0.0115. The number of hydrogen-bond acceptors (Lipinski definition) is 2. The quantitative estimate of drug-likeness (QED) is 0.592. The van der Waals surface area contributed by atoms with E-state index in [0.717, 1.165) is 19.3 Å². The third-order valence-corrected chi connectivity index (χ3v) is 11.4. The Morgan fingerprint density at radius 2 is 2.00 bits per heavy atom. The number of fused-ring (bicyclic) bond motifs is 1.